The molecule has 2 rings (SSSR count). The zero-order chi connectivity index (χ0) is 20.0. The fraction of sp³-hybridized carbons (Fsp3) is 0.833. The number of nitrogens with one attached hydrogen (secondary N) is 1. The van der Waals surface area contributed by atoms with Crippen LogP contribution in [0, 0.1) is 11.3 Å². The smallest absolute Gasteiger partial charge is 0.248 e. The van der Waals surface area contributed by atoms with Crippen molar-refractivity contribution in [3.63, 3.8) is 0 Å². The summed E-state index contributed by atoms with van der Waals surface area (Å²) in [7, 11) is 5.61. The highest BCUT2D eigenvalue weighted by Gasteiger charge is 2.54. The van der Waals surface area contributed by atoms with E-state index >= 15 is 0 Å². The van der Waals surface area contributed by atoms with Crippen molar-refractivity contribution in [3.8, 4) is 0 Å². The molecule has 27 heavy (non-hydrogen) atoms. The summed E-state index contributed by atoms with van der Waals surface area (Å²) in [5, 5.41) is 2.57. The van der Waals surface area contributed by atoms with E-state index in [4.69, 9.17) is 9.47 Å². The highest BCUT2D eigenvalue weighted by atomic mass is 16.5. The van der Waals surface area contributed by atoms with Crippen LogP contribution in [0.4, 0.5) is 0 Å². The van der Waals surface area contributed by atoms with Crippen LogP contribution in [-0.4, -0.2) is 113 Å². The van der Waals surface area contributed by atoms with Gasteiger partial charge in [-0.25, -0.2) is 0 Å². The fourth-order valence-corrected chi connectivity index (χ4v) is 4.12. The maximum atomic E-state index is 12.5. The molecule has 3 amide bonds. The van der Waals surface area contributed by atoms with Crippen LogP contribution in [0.3, 0.4) is 0 Å². The topological polar surface area (TPSA) is 91.4 Å². The van der Waals surface area contributed by atoms with Crippen molar-refractivity contribution in [1.29, 1.82) is 0 Å². The third kappa shape index (κ3) is 5.63. The molecule has 2 saturated heterocycles. The van der Waals surface area contributed by atoms with Crippen molar-refractivity contribution >= 4 is 17.7 Å². The highest BCUT2D eigenvalue weighted by Crippen LogP contribution is 2.43. The summed E-state index contributed by atoms with van der Waals surface area (Å²) in [6.07, 6.45) is 0. The van der Waals surface area contributed by atoms with E-state index in [2.05, 4.69) is 10.2 Å². The van der Waals surface area contributed by atoms with Gasteiger partial charge in [-0.3, -0.25) is 14.4 Å². The Balaban J connectivity index is 1.96. The summed E-state index contributed by atoms with van der Waals surface area (Å²) < 4.78 is 10.3. The van der Waals surface area contributed by atoms with Crippen LogP contribution in [0.5, 0.6) is 0 Å². The predicted molar refractivity (Wildman–Crippen MR) is 99.0 cm³/mol. The van der Waals surface area contributed by atoms with E-state index in [1.807, 2.05) is 23.9 Å². The van der Waals surface area contributed by atoms with E-state index in [-0.39, 0.29) is 42.2 Å². The Morgan fingerprint density at radius 1 is 1.11 bits per heavy atom. The first-order valence-corrected chi connectivity index (χ1v) is 9.29. The first kappa shape index (κ1) is 21.6. The quantitative estimate of drug-likeness (QED) is 0.494. The molecule has 0 radical (unpaired) electrons. The lowest BCUT2D eigenvalue weighted by molar-refractivity contribution is -0.136. The van der Waals surface area contributed by atoms with Crippen LogP contribution < -0.4 is 5.32 Å². The molecule has 1 N–H and O–H groups in total. The van der Waals surface area contributed by atoms with E-state index in [1.165, 1.54) is 6.92 Å². The maximum Gasteiger partial charge on any atom is 0.248 e. The second-order valence-corrected chi connectivity index (χ2v) is 7.80. The Bertz CT molecular complexity index is 556. The molecule has 2 heterocycles. The van der Waals surface area contributed by atoms with Gasteiger partial charge in [0.2, 0.25) is 17.7 Å². The number of hydrogen-bond acceptors (Lipinski definition) is 6. The molecule has 2 aliphatic heterocycles. The second-order valence-electron chi connectivity index (χ2n) is 7.80. The minimum Gasteiger partial charge on any atom is -0.382 e. The van der Waals surface area contributed by atoms with E-state index in [0.29, 0.717) is 39.4 Å². The molecule has 2 atom stereocenters. The molecule has 0 bridgehead atoms. The Morgan fingerprint density at radius 2 is 1.74 bits per heavy atom. The van der Waals surface area contributed by atoms with Crippen LogP contribution in [0.25, 0.3) is 0 Å². The number of fused-ring (bicyclic) bond motifs is 1. The monoisotopic (exact) mass is 384 g/mol. The molecule has 0 aromatic heterocycles. The summed E-state index contributed by atoms with van der Waals surface area (Å²) >= 11 is 0. The highest BCUT2D eigenvalue weighted by molar-refractivity contribution is 5.84. The molecule has 9 heteroatoms. The zero-order valence-electron chi connectivity index (χ0n) is 16.8. The van der Waals surface area contributed by atoms with Crippen LogP contribution in [0.2, 0.25) is 0 Å². The van der Waals surface area contributed by atoms with Gasteiger partial charge in [-0.1, -0.05) is 0 Å². The van der Waals surface area contributed by atoms with Gasteiger partial charge in [0.1, 0.15) is 6.61 Å². The molecule has 0 aliphatic carbocycles. The first-order chi connectivity index (χ1) is 12.8. The first-order valence-electron chi connectivity index (χ1n) is 9.29. The van der Waals surface area contributed by atoms with Crippen molar-refractivity contribution in [2.24, 2.45) is 11.3 Å². The molecular formula is C18H32N4O5. The number of likely N-dealkylation sites (tertiary alicyclic amines) is 2. The van der Waals surface area contributed by atoms with Crippen LogP contribution in [-0.2, 0) is 23.9 Å². The van der Waals surface area contributed by atoms with Crippen molar-refractivity contribution < 1.29 is 23.9 Å². The fourth-order valence-electron chi connectivity index (χ4n) is 4.12. The minimum absolute atomic E-state index is 0.0187. The van der Waals surface area contributed by atoms with Crippen LogP contribution in [0.1, 0.15) is 6.92 Å². The van der Waals surface area contributed by atoms with Crippen LogP contribution in [0.15, 0.2) is 0 Å². The number of carbonyl (C=O) groups is 3. The lowest BCUT2D eigenvalue weighted by Gasteiger charge is -2.32. The summed E-state index contributed by atoms with van der Waals surface area (Å²) in [4.78, 5) is 41.7. The molecule has 154 valence electrons. The molecule has 9 nitrogen and oxygen atoms in total. The second kappa shape index (κ2) is 9.48. The van der Waals surface area contributed by atoms with Gasteiger partial charge in [0.15, 0.2) is 0 Å². The van der Waals surface area contributed by atoms with E-state index in [9.17, 15) is 14.4 Å². The Kier molecular flexibility index (Phi) is 7.58. The number of carbonyl (C=O) groups excluding carboxylic acids is 3. The number of ether oxygens (including phenoxy) is 2. The summed E-state index contributed by atoms with van der Waals surface area (Å²) in [5.41, 5.74) is -0.141. The standard InChI is InChI=1S/C18H32N4O5/c1-14(23)19-7-16(24)21-8-15-9-22(17(25)10-27-6-5-26-4)13-18(15,12-21)11-20(2)3/h15H,5-13H2,1-4H3,(H,19,23). The van der Waals surface area contributed by atoms with Gasteiger partial charge in [-0.2, -0.15) is 0 Å². The van der Waals surface area contributed by atoms with E-state index < -0.39 is 0 Å². The lowest BCUT2D eigenvalue weighted by atomic mass is 9.80. The third-order valence-electron chi connectivity index (χ3n) is 5.24. The minimum atomic E-state index is -0.212. The summed E-state index contributed by atoms with van der Waals surface area (Å²) in [6.45, 7) is 5.60. The van der Waals surface area contributed by atoms with Gasteiger partial charge in [-0.05, 0) is 14.1 Å². The third-order valence-corrected chi connectivity index (χ3v) is 5.24. The number of amides is 3. The van der Waals surface area contributed by atoms with E-state index in [1.54, 1.807) is 7.11 Å². The van der Waals surface area contributed by atoms with Crippen LogP contribution >= 0.6 is 0 Å². The molecule has 0 aromatic carbocycles. The zero-order valence-corrected chi connectivity index (χ0v) is 16.8. The Labute approximate surface area is 160 Å². The number of nitrogens with zero attached hydrogens (tertiary/aromatic N) is 3. The van der Waals surface area contributed by atoms with Gasteiger partial charge in [0.25, 0.3) is 0 Å². The van der Waals surface area contributed by atoms with Gasteiger partial charge < -0.3 is 29.5 Å². The van der Waals surface area contributed by atoms with Crippen molar-refractivity contribution in [3.05, 3.63) is 0 Å². The number of rotatable bonds is 9. The predicted octanol–water partition coefficient (Wildman–Crippen LogP) is -1.37. The Morgan fingerprint density at radius 3 is 2.30 bits per heavy atom. The molecule has 2 aliphatic rings. The average molecular weight is 384 g/mol. The molecule has 2 unspecified atom stereocenters. The number of hydrogen-bond donors (Lipinski definition) is 1. The van der Waals surface area contributed by atoms with Crippen molar-refractivity contribution in [2.75, 3.05) is 80.3 Å². The maximum absolute atomic E-state index is 12.5. The van der Waals surface area contributed by atoms with Gasteiger partial charge in [0, 0.05) is 58.1 Å². The Hall–Kier alpha value is -1.71. The lowest BCUT2D eigenvalue weighted by Crippen LogP contribution is -2.45. The van der Waals surface area contributed by atoms with Gasteiger partial charge >= 0.3 is 0 Å². The molecule has 0 spiro atoms. The normalized spacial score (nSPS) is 24.4. The van der Waals surface area contributed by atoms with Crippen molar-refractivity contribution in [1.82, 2.24) is 20.0 Å². The molecule has 2 fully saturated rings. The van der Waals surface area contributed by atoms with Gasteiger partial charge in [0.05, 0.1) is 19.8 Å². The van der Waals surface area contributed by atoms with E-state index in [0.717, 1.165) is 6.54 Å². The summed E-state index contributed by atoms with van der Waals surface area (Å²) in [6, 6.07) is 0. The molecular weight excluding hydrogens is 352 g/mol. The largest absolute Gasteiger partial charge is 0.382 e. The summed E-state index contributed by atoms with van der Waals surface area (Å²) in [5.74, 6) is -0.0756. The average Bonchev–Trinajstić information content (AvgIpc) is 3.09. The molecule has 0 aromatic rings. The van der Waals surface area contributed by atoms with Crippen molar-refractivity contribution in [2.45, 2.75) is 6.92 Å². The SMILES string of the molecule is COCCOCC(=O)N1CC2CN(C(=O)CNC(C)=O)CC2(CN(C)C)C1. The number of methoxy groups -OCH3 is 1. The molecule has 0 saturated carbocycles. The van der Waals surface area contributed by atoms with Gasteiger partial charge in [-0.15, -0.1) is 0 Å².